The number of piperazine rings is 1. The van der Waals surface area contributed by atoms with Gasteiger partial charge in [-0.3, -0.25) is 9.69 Å². The first-order valence-corrected chi connectivity index (χ1v) is 8.91. The maximum atomic E-state index is 12.4. The van der Waals surface area contributed by atoms with Gasteiger partial charge in [0.2, 0.25) is 12.7 Å². The number of ether oxygens (including phenoxy) is 2. The van der Waals surface area contributed by atoms with Gasteiger partial charge in [-0.2, -0.15) is 0 Å². The number of carbonyl (C=O) groups excluding carboxylic acids is 1. The van der Waals surface area contributed by atoms with Gasteiger partial charge in [-0.25, -0.2) is 0 Å². The Bertz CT molecular complexity index is 796. The van der Waals surface area contributed by atoms with E-state index in [2.05, 4.69) is 29.2 Å². The van der Waals surface area contributed by atoms with Crippen LogP contribution in [0.1, 0.15) is 11.1 Å². The van der Waals surface area contributed by atoms with Crippen molar-refractivity contribution in [3.8, 4) is 11.5 Å². The molecule has 2 aliphatic heterocycles. The number of hydrogen-bond donors (Lipinski definition) is 0. The average molecular weight is 350 g/mol. The molecule has 2 aromatic carbocycles. The number of amides is 1. The minimum atomic E-state index is 0.0574. The number of benzene rings is 2. The molecule has 1 fully saturated rings. The molecule has 26 heavy (non-hydrogen) atoms. The van der Waals surface area contributed by atoms with Crippen molar-refractivity contribution in [2.75, 3.05) is 33.0 Å². The lowest BCUT2D eigenvalue weighted by Crippen LogP contribution is -2.47. The summed E-state index contributed by atoms with van der Waals surface area (Å²) in [5, 5.41) is 0. The number of carbonyl (C=O) groups is 1. The molecular formula is C21H22N2O3. The second-order valence-corrected chi connectivity index (χ2v) is 6.53. The van der Waals surface area contributed by atoms with Crippen LogP contribution in [0.15, 0.2) is 54.6 Å². The van der Waals surface area contributed by atoms with Crippen LogP contribution < -0.4 is 9.47 Å². The average Bonchev–Trinajstić information content (AvgIpc) is 3.15. The standard InChI is InChI=1S/C21H22N2O3/c24-21(9-7-17-6-8-19-20(14-17)26-16-25-19)23-12-10-22(11-13-23)15-18-4-2-1-3-5-18/h1-9,14H,10-13,15-16H2/b9-7+. The number of hydrogen-bond acceptors (Lipinski definition) is 4. The Labute approximate surface area is 153 Å². The van der Waals surface area contributed by atoms with Gasteiger partial charge in [-0.1, -0.05) is 36.4 Å². The summed E-state index contributed by atoms with van der Waals surface area (Å²) < 4.78 is 10.7. The van der Waals surface area contributed by atoms with Crippen molar-refractivity contribution in [3.05, 3.63) is 65.7 Å². The van der Waals surface area contributed by atoms with Crippen molar-refractivity contribution in [1.82, 2.24) is 9.80 Å². The molecule has 0 N–H and O–H groups in total. The van der Waals surface area contributed by atoms with Crippen molar-refractivity contribution < 1.29 is 14.3 Å². The number of nitrogens with zero attached hydrogens (tertiary/aromatic N) is 2. The van der Waals surface area contributed by atoms with E-state index >= 15 is 0 Å². The fraction of sp³-hybridized carbons (Fsp3) is 0.286. The molecule has 2 heterocycles. The van der Waals surface area contributed by atoms with Gasteiger partial charge >= 0.3 is 0 Å². The molecule has 0 atom stereocenters. The highest BCUT2D eigenvalue weighted by Crippen LogP contribution is 2.32. The normalized spacial score (nSPS) is 17.0. The first-order valence-electron chi connectivity index (χ1n) is 8.91. The molecule has 134 valence electrons. The predicted molar refractivity (Wildman–Crippen MR) is 99.9 cm³/mol. The Balaban J connectivity index is 1.29. The molecule has 1 saturated heterocycles. The van der Waals surface area contributed by atoms with Crippen LogP contribution in [-0.4, -0.2) is 48.7 Å². The van der Waals surface area contributed by atoms with Crippen molar-refractivity contribution in [1.29, 1.82) is 0 Å². The molecule has 4 rings (SSSR count). The zero-order valence-electron chi connectivity index (χ0n) is 14.6. The van der Waals surface area contributed by atoms with Crippen LogP contribution >= 0.6 is 0 Å². The van der Waals surface area contributed by atoms with E-state index < -0.39 is 0 Å². The molecule has 0 aliphatic carbocycles. The molecule has 0 radical (unpaired) electrons. The Kier molecular flexibility index (Phi) is 4.88. The third kappa shape index (κ3) is 3.89. The summed E-state index contributed by atoms with van der Waals surface area (Å²) >= 11 is 0. The van der Waals surface area contributed by atoms with E-state index in [1.54, 1.807) is 6.08 Å². The van der Waals surface area contributed by atoms with E-state index in [4.69, 9.17) is 9.47 Å². The molecule has 5 nitrogen and oxygen atoms in total. The Hall–Kier alpha value is -2.79. The van der Waals surface area contributed by atoms with Gasteiger partial charge in [-0.05, 0) is 29.3 Å². The quantitative estimate of drug-likeness (QED) is 0.795. The Morgan fingerprint density at radius 1 is 0.962 bits per heavy atom. The first kappa shape index (κ1) is 16.7. The van der Waals surface area contributed by atoms with Crippen LogP contribution in [0, 0.1) is 0 Å². The van der Waals surface area contributed by atoms with E-state index in [9.17, 15) is 4.79 Å². The SMILES string of the molecule is O=C(/C=C/c1ccc2c(c1)OCO2)N1CCN(Cc2ccccc2)CC1. The predicted octanol–water partition coefficient (Wildman–Crippen LogP) is 2.77. The minimum absolute atomic E-state index is 0.0574. The lowest BCUT2D eigenvalue weighted by Gasteiger charge is -2.34. The monoisotopic (exact) mass is 350 g/mol. The van der Waals surface area contributed by atoms with Crippen molar-refractivity contribution >= 4 is 12.0 Å². The zero-order valence-corrected chi connectivity index (χ0v) is 14.6. The fourth-order valence-corrected chi connectivity index (χ4v) is 3.26. The maximum absolute atomic E-state index is 12.4. The van der Waals surface area contributed by atoms with Gasteiger partial charge in [-0.15, -0.1) is 0 Å². The second kappa shape index (κ2) is 7.62. The zero-order chi connectivity index (χ0) is 17.8. The van der Waals surface area contributed by atoms with E-state index in [0.29, 0.717) is 0 Å². The second-order valence-electron chi connectivity index (χ2n) is 6.53. The molecule has 0 saturated carbocycles. The summed E-state index contributed by atoms with van der Waals surface area (Å²) in [6.07, 6.45) is 3.48. The molecule has 2 aliphatic rings. The van der Waals surface area contributed by atoms with Crippen molar-refractivity contribution in [2.24, 2.45) is 0 Å². The Morgan fingerprint density at radius 2 is 1.73 bits per heavy atom. The van der Waals surface area contributed by atoms with Gasteiger partial charge in [0, 0.05) is 38.8 Å². The first-order chi connectivity index (χ1) is 12.8. The summed E-state index contributed by atoms with van der Waals surface area (Å²) in [6.45, 7) is 4.52. The highest BCUT2D eigenvalue weighted by atomic mass is 16.7. The summed E-state index contributed by atoms with van der Waals surface area (Å²) in [5.74, 6) is 1.54. The van der Waals surface area contributed by atoms with Crippen molar-refractivity contribution in [3.63, 3.8) is 0 Å². The summed E-state index contributed by atoms with van der Waals surface area (Å²) in [7, 11) is 0. The van der Waals surface area contributed by atoms with Crippen LogP contribution in [0.4, 0.5) is 0 Å². The van der Waals surface area contributed by atoms with E-state index in [1.807, 2.05) is 35.2 Å². The maximum Gasteiger partial charge on any atom is 0.246 e. The molecule has 0 spiro atoms. The van der Waals surface area contributed by atoms with E-state index in [-0.39, 0.29) is 12.7 Å². The van der Waals surface area contributed by atoms with E-state index in [0.717, 1.165) is 49.8 Å². The lowest BCUT2D eigenvalue weighted by molar-refractivity contribution is -0.127. The van der Waals surface area contributed by atoms with Gasteiger partial charge in [0.05, 0.1) is 0 Å². The van der Waals surface area contributed by atoms with Crippen LogP contribution in [0.2, 0.25) is 0 Å². The Morgan fingerprint density at radius 3 is 2.54 bits per heavy atom. The van der Waals surface area contributed by atoms with Gasteiger partial charge in [0.25, 0.3) is 0 Å². The minimum Gasteiger partial charge on any atom is -0.454 e. The molecule has 2 aromatic rings. The van der Waals surface area contributed by atoms with Crippen LogP contribution in [0.3, 0.4) is 0 Å². The molecule has 5 heteroatoms. The third-order valence-electron chi connectivity index (χ3n) is 4.75. The van der Waals surface area contributed by atoms with Crippen molar-refractivity contribution in [2.45, 2.75) is 6.54 Å². The van der Waals surface area contributed by atoms with Gasteiger partial charge in [0.15, 0.2) is 11.5 Å². The van der Waals surface area contributed by atoms with Gasteiger partial charge in [0.1, 0.15) is 0 Å². The molecule has 0 bridgehead atoms. The van der Waals surface area contributed by atoms with Crippen LogP contribution in [0.25, 0.3) is 6.08 Å². The lowest BCUT2D eigenvalue weighted by atomic mass is 10.1. The van der Waals surface area contributed by atoms with Crippen LogP contribution in [0.5, 0.6) is 11.5 Å². The molecule has 1 amide bonds. The summed E-state index contributed by atoms with van der Waals surface area (Å²) in [5.41, 5.74) is 2.25. The number of rotatable bonds is 4. The smallest absolute Gasteiger partial charge is 0.246 e. The molecular weight excluding hydrogens is 328 g/mol. The van der Waals surface area contributed by atoms with E-state index in [1.165, 1.54) is 5.56 Å². The fourth-order valence-electron chi connectivity index (χ4n) is 3.26. The number of fused-ring (bicyclic) bond motifs is 1. The summed E-state index contributed by atoms with van der Waals surface area (Å²) in [4.78, 5) is 16.7. The third-order valence-corrected chi connectivity index (χ3v) is 4.75. The molecule has 0 unspecified atom stereocenters. The van der Waals surface area contributed by atoms with Crippen LogP contribution in [-0.2, 0) is 11.3 Å². The topological polar surface area (TPSA) is 42.0 Å². The highest BCUT2D eigenvalue weighted by molar-refractivity contribution is 5.92. The highest BCUT2D eigenvalue weighted by Gasteiger charge is 2.19. The molecule has 0 aromatic heterocycles. The largest absolute Gasteiger partial charge is 0.454 e. The summed E-state index contributed by atoms with van der Waals surface area (Å²) in [6, 6.07) is 16.1. The van der Waals surface area contributed by atoms with Gasteiger partial charge < -0.3 is 14.4 Å².